The fourth-order valence-electron chi connectivity index (χ4n) is 8.08. The molecule has 314 valence electrons. The Morgan fingerprint density at radius 3 is 2.02 bits per heavy atom. The number of aliphatic hydroxyl groups is 3. The van der Waals surface area contributed by atoms with Crippen molar-refractivity contribution < 1.29 is 48.2 Å². The first-order valence-corrected chi connectivity index (χ1v) is 22.6. The molecule has 1 aliphatic heterocycles. The molecular formula is C43H78O10Si. The number of carbonyl (C=O) groups is 1. The monoisotopic (exact) mass is 783 g/mol. The van der Waals surface area contributed by atoms with Gasteiger partial charge in [0.05, 0.1) is 44.7 Å². The first-order chi connectivity index (χ1) is 25.3. The maximum absolute atomic E-state index is 12.0. The molecule has 0 unspecified atom stereocenters. The van der Waals surface area contributed by atoms with Gasteiger partial charge in [-0.05, 0) is 56.3 Å². The van der Waals surface area contributed by atoms with Gasteiger partial charge in [0.15, 0.2) is 14.1 Å². The molecular weight excluding hydrogens is 705 g/mol. The minimum atomic E-state index is -2.18. The first kappa shape index (κ1) is 50.2. The van der Waals surface area contributed by atoms with Crippen molar-refractivity contribution in [2.45, 2.75) is 156 Å². The van der Waals surface area contributed by atoms with E-state index in [1.807, 2.05) is 65.8 Å². The van der Waals surface area contributed by atoms with E-state index in [9.17, 15) is 20.1 Å². The Kier molecular flexibility index (Phi) is 21.8. The minimum Gasteiger partial charge on any atom is -0.490 e. The largest absolute Gasteiger partial charge is 0.490 e. The lowest BCUT2D eigenvalue weighted by molar-refractivity contribution is -0.337. The van der Waals surface area contributed by atoms with Crippen molar-refractivity contribution in [1.29, 1.82) is 0 Å². The molecule has 10 nitrogen and oxygen atoms in total. The van der Waals surface area contributed by atoms with Crippen molar-refractivity contribution >= 4 is 14.3 Å². The minimum absolute atomic E-state index is 0.0419. The fraction of sp³-hybridized carbons (Fsp3) is 0.791. The van der Waals surface area contributed by atoms with Crippen molar-refractivity contribution in [3.8, 4) is 0 Å². The third-order valence-electron chi connectivity index (χ3n) is 12.1. The summed E-state index contributed by atoms with van der Waals surface area (Å²) in [6.07, 6.45) is 6.90. The van der Waals surface area contributed by atoms with Crippen LogP contribution in [0.15, 0.2) is 47.3 Å². The quantitative estimate of drug-likeness (QED) is 0.0308. The number of methoxy groups -OCH3 is 4. The van der Waals surface area contributed by atoms with Gasteiger partial charge in [-0.25, -0.2) is 4.79 Å². The summed E-state index contributed by atoms with van der Waals surface area (Å²) < 4.78 is 36.1. The summed E-state index contributed by atoms with van der Waals surface area (Å²) in [5.74, 6) is -2.30. The van der Waals surface area contributed by atoms with E-state index in [0.717, 1.165) is 29.3 Å². The van der Waals surface area contributed by atoms with Crippen molar-refractivity contribution in [2.24, 2.45) is 35.5 Å². The van der Waals surface area contributed by atoms with E-state index in [1.165, 1.54) is 14.2 Å². The highest BCUT2D eigenvalue weighted by molar-refractivity contribution is 6.73. The molecule has 1 heterocycles. The molecule has 0 aliphatic carbocycles. The molecule has 0 amide bonds. The van der Waals surface area contributed by atoms with Crippen LogP contribution in [0.5, 0.6) is 0 Å². The summed E-state index contributed by atoms with van der Waals surface area (Å²) in [4.78, 5) is 11.9. The molecule has 0 aromatic carbocycles. The van der Waals surface area contributed by atoms with E-state index in [1.54, 1.807) is 20.3 Å². The molecule has 0 aromatic rings. The van der Waals surface area contributed by atoms with Crippen LogP contribution in [-0.4, -0.2) is 100 Å². The number of hydrogen-bond donors (Lipinski definition) is 3. The average Bonchev–Trinajstić information content (AvgIpc) is 3.15. The molecule has 3 N–H and O–H groups in total. The second-order valence-corrected chi connectivity index (χ2v) is 20.9. The first-order valence-electron chi connectivity index (χ1n) is 20.1. The number of esters is 1. The van der Waals surface area contributed by atoms with Gasteiger partial charge in [0.25, 0.3) is 0 Å². The predicted molar refractivity (Wildman–Crippen MR) is 219 cm³/mol. The van der Waals surface area contributed by atoms with Crippen LogP contribution in [0.4, 0.5) is 0 Å². The molecule has 54 heavy (non-hydrogen) atoms. The van der Waals surface area contributed by atoms with Gasteiger partial charge in [-0.3, -0.25) is 0 Å². The molecule has 11 heteroatoms. The summed E-state index contributed by atoms with van der Waals surface area (Å²) >= 11 is 0. The van der Waals surface area contributed by atoms with E-state index < -0.39 is 50.6 Å². The zero-order valence-electron chi connectivity index (χ0n) is 36.5. The lowest BCUT2D eigenvalue weighted by Gasteiger charge is -2.53. The lowest BCUT2D eigenvalue weighted by atomic mass is 9.76. The van der Waals surface area contributed by atoms with Gasteiger partial charge < -0.3 is 43.4 Å². The van der Waals surface area contributed by atoms with E-state index in [2.05, 4.69) is 41.5 Å². The van der Waals surface area contributed by atoms with E-state index in [0.29, 0.717) is 12.8 Å². The van der Waals surface area contributed by atoms with Crippen LogP contribution in [0.3, 0.4) is 0 Å². The maximum Gasteiger partial charge on any atom is 0.373 e. The van der Waals surface area contributed by atoms with Crippen molar-refractivity contribution in [2.75, 3.05) is 28.4 Å². The molecule has 1 aliphatic rings. The van der Waals surface area contributed by atoms with Crippen LogP contribution < -0.4 is 0 Å². The number of aliphatic hydroxyl groups excluding tert-OH is 3. The highest BCUT2D eigenvalue weighted by Crippen LogP contribution is 2.45. The smallest absolute Gasteiger partial charge is 0.373 e. The highest BCUT2D eigenvalue weighted by Gasteiger charge is 2.54. The molecule has 12 atom stereocenters. The lowest BCUT2D eigenvalue weighted by Crippen LogP contribution is -2.61. The Morgan fingerprint density at radius 2 is 1.54 bits per heavy atom. The third kappa shape index (κ3) is 13.4. The molecule has 0 spiro atoms. The molecule has 0 saturated carbocycles. The maximum atomic E-state index is 12.0. The van der Waals surface area contributed by atoms with Crippen molar-refractivity contribution in [3.63, 3.8) is 0 Å². The van der Waals surface area contributed by atoms with Crippen molar-refractivity contribution in [1.82, 2.24) is 0 Å². The second kappa shape index (κ2) is 23.4. The van der Waals surface area contributed by atoms with E-state index in [4.69, 9.17) is 28.1 Å². The topological polar surface area (TPSA) is 133 Å². The zero-order valence-corrected chi connectivity index (χ0v) is 37.5. The highest BCUT2D eigenvalue weighted by atomic mass is 28.4. The normalized spacial score (nSPS) is 26.6. The molecule has 0 radical (unpaired) electrons. The number of hydrogen-bond acceptors (Lipinski definition) is 10. The van der Waals surface area contributed by atoms with E-state index in [-0.39, 0.29) is 47.4 Å². The molecule has 1 fully saturated rings. The van der Waals surface area contributed by atoms with Gasteiger partial charge >= 0.3 is 5.97 Å². The molecule has 0 aromatic heterocycles. The van der Waals surface area contributed by atoms with E-state index >= 15 is 0 Å². The van der Waals surface area contributed by atoms with Crippen LogP contribution in [0.25, 0.3) is 0 Å². The van der Waals surface area contributed by atoms with Gasteiger partial charge in [-0.15, -0.1) is 0 Å². The fourth-order valence-corrected chi connectivity index (χ4v) is 11.1. The summed E-state index contributed by atoms with van der Waals surface area (Å²) in [6, 6.07) is 2.84. The summed E-state index contributed by atoms with van der Waals surface area (Å²) in [6.45, 7) is 24.7. The van der Waals surface area contributed by atoms with Gasteiger partial charge in [0.1, 0.15) is 6.10 Å². The van der Waals surface area contributed by atoms with Gasteiger partial charge in [-0.2, -0.15) is 0 Å². The molecule has 1 rings (SSSR count). The van der Waals surface area contributed by atoms with Crippen molar-refractivity contribution in [3.05, 3.63) is 47.3 Å². The average molecular weight is 783 g/mol. The van der Waals surface area contributed by atoms with Crippen LogP contribution in [0.2, 0.25) is 18.1 Å². The van der Waals surface area contributed by atoms with Gasteiger partial charge in [0, 0.05) is 44.3 Å². The Bertz CT molecular complexity index is 1230. The van der Waals surface area contributed by atoms with Gasteiger partial charge in [-0.1, -0.05) is 105 Å². The SMILES string of the molecule is CC[Si](CC)(CC)O[C@H]([C@H](C)[C@@H](O)[C@H](/C=C/C=C(\C)C[C@H](C)[C@H](O)[C@H](C)/C=C(C)/C=C(\OC)C(=O)OC)OC)[C@H](C)[C@@]1(OC)C[C@@H](O)[C@H](C)[C@@H](C(C)C)O1. The number of ether oxygens (including phenoxy) is 5. The zero-order chi connectivity index (χ0) is 41.6. The summed E-state index contributed by atoms with van der Waals surface area (Å²) in [5, 5.41) is 34.4. The number of rotatable bonds is 23. The Labute approximate surface area is 329 Å². The standard InChI is InChI=1S/C43H78O10Si/c1-17-54(18-2,19-3)53-41(34(12)43(51-16)26-35(44)32(10)40(52-43)27(4)5)33(11)39(46)36(48-13)22-20-21-28(6)23-30(8)38(45)31(9)24-29(7)25-37(49-14)42(47)50-15/h20-22,24-25,27,30-36,38-41,44-46H,17-19,23,26H2,1-16H3/b22-20+,28-21+,29-24+,37-25-/t30-,31+,32-,33+,34-,35+,36-,38-,39+,40+,41+,43+/m0/s1. The number of allylic oxidation sites excluding steroid dienone is 5. The molecule has 0 bridgehead atoms. The van der Waals surface area contributed by atoms with Crippen LogP contribution in [0.1, 0.15) is 95.9 Å². The number of carbonyl (C=O) groups excluding carboxylic acids is 1. The third-order valence-corrected chi connectivity index (χ3v) is 16.7. The predicted octanol–water partition coefficient (Wildman–Crippen LogP) is 7.98. The summed E-state index contributed by atoms with van der Waals surface area (Å²) in [5.41, 5.74) is 1.85. The Balaban J connectivity index is 3.31. The Hall–Kier alpha value is -1.83. The second-order valence-electron chi connectivity index (χ2n) is 16.2. The Morgan fingerprint density at radius 1 is 0.944 bits per heavy atom. The van der Waals surface area contributed by atoms with Crippen LogP contribution >= 0.6 is 0 Å². The van der Waals surface area contributed by atoms with Crippen LogP contribution in [-0.2, 0) is 32.9 Å². The molecule has 1 saturated heterocycles. The van der Waals surface area contributed by atoms with Gasteiger partial charge in [0.2, 0.25) is 5.76 Å². The van der Waals surface area contributed by atoms with Crippen LogP contribution in [0, 0.1) is 35.5 Å². The summed E-state index contributed by atoms with van der Waals surface area (Å²) in [7, 11) is 3.78.